The van der Waals surface area contributed by atoms with Crippen LogP contribution in [0.1, 0.15) is 5.82 Å². The zero-order valence-electron chi connectivity index (χ0n) is 8.83. The second-order valence-corrected chi connectivity index (χ2v) is 5.96. The molecule has 7 heteroatoms. The zero-order chi connectivity index (χ0) is 13.1. The van der Waals surface area contributed by atoms with Crippen molar-refractivity contribution in [3.05, 3.63) is 50.7 Å². The van der Waals surface area contributed by atoms with Crippen molar-refractivity contribution in [2.45, 2.75) is 10.6 Å². The van der Waals surface area contributed by atoms with E-state index in [0.29, 0.717) is 11.6 Å². The highest BCUT2D eigenvalue weighted by atomic mass is 79.9. The highest BCUT2D eigenvalue weighted by Crippen LogP contribution is 2.26. The van der Waals surface area contributed by atoms with Gasteiger partial charge in [0.15, 0.2) is 16.1 Å². The summed E-state index contributed by atoms with van der Waals surface area (Å²) >= 11 is 16.1. The van der Waals surface area contributed by atoms with Crippen molar-refractivity contribution in [1.82, 2.24) is 9.97 Å². The van der Waals surface area contributed by atoms with Crippen molar-refractivity contribution in [1.29, 1.82) is 0 Å². The van der Waals surface area contributed by atoms with Gasteiger partial charge in [0, 0.05) is 9.37 Å². The van der Waals surface area contributed by atoms with Crippen molar-refractivity contribution in [3.63, 3.8) is 0 Å². The first-order chi connectivity index (χ1) is 8.56. The molecule has 18 heavy (non-hydrogen) atoms. The molecule has 0 bridgehead atoms. The quantitative estimate of drug-likeness (QED) is 0.565. The molecular formula is C11H6BrCl2FN2S. The maximum absolute atomic E-state index is 13.1. The predicted molar refractivity (Wildman–Crippen MR) is 75.7 cm³/mol. The van der Waals surface area contributed by atoms with Crippen LogP contribution in [-0.4, -0.2) is 9.97 Å². The van der Waals surface area contributed by atoms with Crippen LogP contribution in [0.3, 0.4) is 0 Å². The molecule has 0 aliphatic rings. The summed E-state index contributed by atoms with van der Waals surface area (Å²) in [5, 5.41) is -0.500. The average Bonchev–Trinajstić information content (AvgIpc) is 2.33. The summed E-state index contributed by atoms with van der Waals surface area (Å²) in [6, 6.07) is 7.80. The normalized spacial score (nSPS) is 10.7. The maximum Gasteiger partial charge on any atom is 0.197 e. The van der Waals surface area contributed by atoms with E-state index >= 15 is 0 Å². The number of thioether (sulfide) groups is 1. The van der Waals surface area contributed by atoms with E-state index in [1.807, 2.05) is 24.3 Å². The third kappa shape index (κ3) is 3.57. The highest BCUT2D eigenvalue weighted by Gasteiger charge is 2.11. The fourth-order valence-corrected chi connectivity index (χ4v) is 2.99. The van der Waals surface area contributed by atoms with E-state index in [-0.39, 0.29) is 10.3 Å². The second-order valence-electron chi connectivity index (χ2n) is 3.28. The Kier molecular flexibility index (Phi) is 4.84. The first kappa shape index (κ1) is 14.1. The number of hydrogen-bond donors (Lipinski definition) is 0. The van der Waals surface area contributed by atoms with Crippen LogP contribution < -0.4 is 0 Å². The monoisotopic (exact) mass is 366 g/mol. The Balaban J connectivity index is 2.11. The van der Waals surface area contributed by atoms with Crippen molar-refractivity contribution in [2.75, 3.05) is 0 Å². The second kappa shape index (κ2) is 6.19. The van der Waals surface area contributed by atoms with Crippen LogP contribution in [0.5, 0.6) is 0 Å². The van der Waals surface area contributed by atoms with Gasteiger partial charge in [0.1, 0.15) is 5.82 Å². The van der Waals surface area contributed by atoms with Crippen molar-refractivity contribution < 1.29 is 4.39 Å². The average molecular weight is 368 g/mol. The number of rotatable bonds is 3. The van der Waals surface area contributed by atoms with Crippen LogP contribution >= 0.6 is 50.9 Å². The van der Waals surface area contributed by atoms with Gasteiger partial charge in [-0.15, -0.1) is 11.8 Å². The molecule has 1 aromatic carbocycles. The van der Waals surface area contributed by atoms with E-state index in [9.17, 15) is 4.39 Å². The van der Waals surface area contributed by atoms with Crippen molar-refractivity contribution in [3.8, 4) is 0 Å². The van der Waals surface area contributed by atoms with Gasteiger partial charge in [0.05, 0.1) is 5.75 Å². The molecule has 0 amide bonds. The van der Waals surface area contributed by atoms with Gasteiger partial charge in [-0.25, -0.2) is 14.4 Å². The van der Waals surface area contributed by atoms with E-state index in [0.717, 1.165) is 9.37 Å². The Morgan fingerprint density at radius 3 is 2.50 bits per heavy atom. The third-order valence-electron chi connectivity index (χ3n) is 1.98. The van der Waals surface area contributed by atoms with Gasteiger partial charge < -0.3 is 0 Å². The van der Waals surface area contributed by atoms with Crippen molar-refractivity contribution in [2.24, 2.45) is 0 Å². The molecule has 1 aromatic heterocycles. The first-order valence-electron chi connectivity index (χ1n) is 4.82. The SMILES string of the molecule is Fc1c(Cl)nc(CSc2cccc(Br)c2)nc1Cl. The fourth-order valence-electron chi connectivity index (χ4n) is 1.20. The Bertz CT molecular complexity index is 560. The Hall–Kier alpha value is -0.360. The van der Waals surface area contributed by atoms with Crippen LogP contribution in [0, 0.1) is 5.82 Å². The van der Waals surface area contributed by atoms with E-state index < -0.39 is 5.82 Å². The molecule has 1 heterocycles. The van der Waals surface area contributed by atoms with E-state index in [1.165, 1.54) is 11.8 Å². The smallest absolute Gasteiger partial charge is 0.197 e. The van der Waals surface area contributed by atoms with Crippen molar-refractivity contribution >= 4 is 50.9 Å². The van der Waals surface area contributed by atoms with Gasteiger partial charge in [0.2, 0.25) is 0 Å². The molecule has 0 saturated carbocycles. The summed E-state index contributed by atoms with van der Waals surface area (Å²) in [5.41, 5.74) is 0. The highest BCUT2D eigenvalue weighted by molar-refractivity contribution is 9.10. The standard InChI is InChI=1S/C11H6BrCl2FN2S/c12-6-2-1-3-7(4-6)18-5-8-16-10(13)9(15)11(14)17-8/h1-4H,5H2. The minimum absolute atomic E-state index is 0.250. The molecule has 94 valence electrons. The van der Waals surface area contributed by atoms with E-state index in [2.05, 4.69) is 25.9 Å². The topological polar surface area (TPSA) is 25.8 Å². The summed E-state index contributed by atoms with van der Waals surface area (Å²) in [4.78, 5) is 8.71. The van der Waals surface area contributed by atoms with Crippen LogP contribution in [0.15, 0.2) is 33.6 Å². The molecule has 2 rings (SSSR count). The lowest BCUT2D eigenvalue weighted by Crippen LogP contribution is -1.97. The fraction of sp³-hybridized carbons (Fsp3) is 0.0909. The predicted octanol–water partition coefficient (Wildman–Crippen LogP) is 4.98. The third-order valence-corrected chi connectivity index (χ3v) is 3.96. The number of hydrogen-bond acceptors (Lipinski definition) is 3. The molecule has 0 saturated heterocycles. The molecule has 0 atom stereocenters. The van der Waals surface area contributed by atoms with Gasteiger partial charge in [-0.1, -0.05) is 45.2 Å². The summed E-state index contributed by atoms with van der Waals surface area (Å²) in [6.07, 6.45) is 0. The van der Waals surface area contributed by atoms with Crippen LogP contribution in [-0.2, 0) is 5.75 Å². The molecule has 0 spiro atoms. The molecule has 0 aliphatic carbocycles. The van der Waals surface area contributed by atoms with Crippen LogP contribution in [0.4, 0.5) is 4.39 Å². The molecule has 0 fully saturated rings. The zero-order valence-corrected chi connectivity index (χ0v) is 12.7. The van der Waals surface area contributed by atoms with Gasteiger partial charge in [-0.05, 0) is 18.2 Å². The summed E-state index contributed by atoms with van der Waals surface area (Å²) in [5.74, 6) is 0.0850. The van der Waals surface area contributed by atoms with Crippen LogP contribution in [0.2, 0.25) is 10.3 Å². The number of aromatic nitrogens is 2. The number of nitrogens with zero attached hydrogens (tertiary/aromatic N) is 2. The maximum atomic E-state index is 13.1. The summed E-state index contributed by atoms with van der Waals surface area (Å²) < 4.78 is 14.1. The molecule has 0 unspecified atom stereocenters. The Morgan fingerprint density at radius 2 is 1.89 bits per heavy atom. The summed E-state index contributed by atoms with van der Waals surface area (Å²) in [7, 11) is 0. The Morgan fingerprint density at radius 1 is 1.22 bits per heavy atom. The molecule has 2 nitrogen and oxygen atoms in total. The van der Waals surface area contributed by atoms with Gasteiger partial charge in [-0.3, -0.25) is 0 Å². The van der Waals surface area contributed by atoms with Gasteiger partial charge >= 0.3 is 0 Å². The minimum atomic E-state index is -0.783. The molecule has 0 radical (unpaired) electrons. The largest absolute Gasteiger partial charge is 0.217 e. The van der Waals surface area contributed by atoms with E-state index in [1.54, 1.807) is 0 Å². The first-order valence-corrected chi connectivity index (χ1v) is 7.35. The summed E-state index contributed by atoms with van der Waals surface area (Å²) in [6.45, 7) is 0. The van der Waals surface area contributed by atoms with Gasteiger partial charge in [0.25, 0.3) is 0 Å². The lowest BCUT2D eigenvalue weighted by atomic mass is 10.4. The molecular weight excluding hydrogens is 362 g/mol. The lowest BCUT2D eigenvalue weighted by Gasteiger charge is -2.03. The lowest BCUT2D eigenvalue weighted by molar-refractivity contribution is 0.612. The molecule has 0 N–H and O–H groups in total. The minimum Gasteiger partial charge on any atom is -0.217 e. The molecule has 2 aromatic rings. The van der Waals surface area contributed by atoms with E-state index in [4.69, 9.17) is 23.2 Å². The molecule has 0 aliphatic heterocycles. The Labute approximate surface area is 126 Å². The number of benzene rings is 1. The van der Waals surface area contributed by atoms with Gasteiger partial charge in [-0.2, -0.15) is 0 Å². The van der Waals surface area contributed by atoms with Crippen LogP contribution in [0.25, 0.3) is 0 Å². The number of halogens is 4.